The molecule has 138 valence electrons. The number of halogens is 1. The van der Waals surface area contributed by atoms with E-state index >= 15 is 0 Å². The highest BCUT2D eigenvalue weighted by atomic mass is 19.1. The first kappa shape index (κ1) is 17.3. The van der Waals surface area contributed by atoms with Crippen molar-refractivity contribution < 1.29 is 9.18 Å². The van der Waals surface area contributed by atoms with Crippen LogP contribution in [0.2, 0.25) is 0 Å². The highest BCUT2D eigenvalue weighted by Gasteiger charge is 2.25. The number of carbonyl (C=O) groups is 1. The third-order valence-corrected chi connectivity index (χ3v) is 4.87. The van der Waals surface area contributed by atoms with Crippen molar-refractivity contribution in [1.29, 1.82) is 0 Å². The first-order chi connectivity index (χ1) is 13.2. The van der Waals surface area contributed by atoms with Gasteiger partial charge in [-0.25, -0.2) is 9.18 Å². The van der Waals surface area contributed by atoms with E-state index in [1.54, 1.807) is 18.2 Å². The maximum absolute atomic E-state index is 13.7. The first-order valence-corrected chi connectivity index (χ1v) is 9.11. The van der Waals surface area contributed by atoms with Gasteiger partial charge in [-0.15, -0.1) is 0 Å². The summed E-state index contributed by atoms with van der Waals surface area (Å²) in [4.78, 5) is 12.3. The van der Waals surface area contributed by atoms with Crippen LogP contribution >= 0.6 is 0 Å². The Morgan fingerprint density at radius 1 is 1.15 bits per heavy atom. The maximum Gasteiger partial charge on any atom is 0.319 e. The molecule has 3 aromatic rings. The minimum Gasteiger partial charge on any atom is -0.331 e. The minimum atomic E-state index is -0.451. The zero-order chi connectivity index (χ0) is 18.6. The number of anilines is 1. The Kier molecular flexibility index (Phi) is 4.87. The molecular weight excluding hydrogens is 343 g/mol. The second-order valence-electron chi connectivity index (χ2n) is 6.71. The van der Waals surface area contributed by atoms with E-state index in [0.717, 1.165) is 30.5 Å². The van der Waals surface area contributed by atoms with Gasteiger partial charge in [-0.3, -0.25) is 4.68 Å². The summed E-state index contributed by atoms with van der Waals surface area (Å²) in [6, 6.07) is 15.8. The van der Waals surface area contributed by atoms with E-state index in [1.807, 2.05) is 29.1 Å². The van der Waals surface area contributed by atoms with Gasteiger partial charge in [0.05, 0.1) is 24.5 Å². The quantitative estimate of drug-likeness (QED) is 0.726. The third kappa shape index (κ3) is 3.84. The molecule has 0 spiro atoms. The molecule has 2 amide bonds. The van der Waals surface area contributed by atoms with Gasteiger partial charge in [-0.2, -0.15) is 5.10 Å². The van der Waals surface area contributed by atoms with Crippen LogP contribution in [0.15, 0.2) is 60.8 Å². The monoisotopic (exact) mass is 364 g/mol. The molecule has 0 radical (unpaired) electrons. The zero-order valence-electron chi connectivity index (χ0n) is 14.9. The number of benzene rings is 2. The molecule has 2 aromatic carbocycles. The van der Waals surface area contributed by atoms with Gasteiger partial charge >= 0.3 is 6.03 Å². The van der Waals surface area contributed by atoms with Crippen LogP contribution in [0.25, 0.3) is 0 Å². The number of nitrogens with zero attached hydrogens (tertiary/aromatic N) is 2. The van der Waals surface area contributed by atoms with Crippen molar-refractivity contribution in [1.82, 2.24) is 15.1 Å². The van der Waals surface area contributed by atoms with Gasteiger partial charge < -0.3 is 10.6 Å². The van der Waals surface area contributed by atoms with Gasteiger partial charge in [0.2, 0.25) is 0 Å². The lowest BCUT2D eigenvalue weighted by atomic mass is 9.93. The van der Waals surface area contributed by atoms with Crippen LogP contribution in [0.3, 0.4) is 0 Å². The molecule has 1 aromatic heterocycles. The molecule has 0 fully saturated rings. The molecule has 6 heteroatoms. The number of carbonyl (C=O) groups excluding carboxylic acids is 1. The molecule has 1 heterocycles. The van der Waals surface area contributed by atoms with Gasteiger partial charge in [-0.1, -0.05) is 42.5 Å². The number of fused-ring (bicyclic) bond motifs is 1. The Hall–Kier alpha value is -3.15. The van der Waals surface area contributed by atoms with E-state index in [0.29, 0.717) is 6.54 Å². The Bertz CT molecular complexity index is 938. The average Bonchev–Trinajstić information content (AvgIpc) is 3.08. The van der Waals surface area contributed by atoms with Gasteiger partial charge in [0.1, 0.15) is 5.82 Å². The molecule has 0 bridgehead atoms. The molecule has 1 unspecified atom stereocenters. The summed E-state index contributed by atoms with van der Waals surface area (Å²) >= 11 is 0. The lowest BCUT2D eigenvalue weighted by molar-refractivity contribution is 0.247. The van der Waals surface area contributed by atoms with Crippen molar-refractivity contribution in [2.45, 2.75) is 31.8 Å². The fourth-order valence-electron chi connectivity index (χ4n) is 3.54. The van der Waals surface area contributed by atoms with Crippen molar-refractivity contribution in [3.05, 3.63) is 83.4 Å². The number of rotatable bonds is 4. The molecule has 5 nitrogen and oxygen atoms in total. The fraction of sp³-hybridized carbons (Fsp3) is 0.238. The number of hydrogen-bond acceptors (Lipinski definition) is 2. The van der Waals surface area contributed by atoms with Gasteiger partial charge in [0.25, 0.3) is 0 Å². The summed E-state index contributed by atoms with van der Waals surface area (Å²) in [5, 5.41) is 10.1. The van der Waals surface area contributed by atoms with E-state index in [-0.39, 0.29) is 11.7 Å². The normalized spacial score (nSPS) is 15.8. The number of aromatic nitrogens is 2. The van der Waals surface area contributed by atoms with Gasteiger partial charge in [0.15, 0.2) is 0 Å². The Morgan fingerprint density at radius 2 is 1.93 bits per heavy atom. The highest BCUT2D eigenvalue weighted by molar-refractivity contribution is 5.89. The number of para-hydroxylation sites is 1. The van der Waals surface area contributed by atoms with Gasteiger partial charge in [0, 0.05) is 11.3 Å². The van der Waals surface area contributed by atoms with E-state index in [9.17, 15) is 9.18 Å². The SMILES string of the molecule is O=C(Nc1ccccc1F)NC1CCCc2c1cnn2Cc1ccccc1. The molecule has 1 aliphatic carbocycles. The van der Waals surface area contributed by atoms with Crippen LogP contribution in [-0.2, 0) is 13.0 Å². The van der Waals surface area contributed by atoms with Crippen LogP contribution in [0.4, 0.5) is 14.9 Å². The highest BCUT2D eigenvalue weighted by Crippen LogP contribution is 2.30. The van der Waals surface area contributed by atoms with Crippen LogP contribution in [0.1, 0.15) is 35.7 Å². The molecule has 2 N–H and O–H groups in total. The summed E-state index contributed by atoms with van der Waals surface area (Å²) < 4.78 is 15.7. The van der Waals surface area contributed by atoms with E-state index < -0.39 is 11.8 Å². The van der Waals surface area contributed by atoms with Crippen LogP contribution < -0.4 is 10.6 Å². The smallest absolute Gasteiger partial charge is 0.319 e. The Balaban J connectivity index is 1.47. The molecule has 0 saturated heterocycles. The first-order valence-electron chi connectivity index (χ1n) is 9.11. The standard InChI is InChI=1S/C21H21FN4O/c22-17-9-4-5-10-19(17)25-21(27)24-18-11-6-12-20-16(18)13-23-26(20)14-15-7-2-1-3-8-15/h1-5,7-10,13,18H,6,11-12,14H2,(H2,24,25,27). The zero-order valence-corrected chi connectivity index (χ0v) is 14.9. The minimum absolute atomic E-state index is 0.120. The van der Waals surface area contributed by atoms with Crippen LogP contribution in [-0.4, -0.2) is 15.8 Å². The summed E-state index contributed by atoms with van der Waals surface area (Å²) in [5.41, 5.74) is 3.56. The lowest BCUT2D eigenvalue weighted by Gasteiger charge is -2.24. The number of urea groups is 1. The fourth-order valence-corrected chi connectivity index (χ4v) is 3.54. The molecule has 1 atom stereocenters. The topological polar surface area (TPSA) is 59.0 Å². The van der Waals surface area contributed by atoms with E-state index in [2.05, 4.69) is 27.9 Å². The summed E-state index contributed by atoms with van der Waals surface area (Å²) in [7, 11) is 0. The Morgan fingerprint density at radius 3 is 2.74 bits per heavy atom. The molecule has 27 heavy (non-hydrogen) atoms. The molecule has 1 aliphatic rings. The number of nitrogens with one attached hydrogen (secondary N) is 2. The summed E-state index contributed by atoms with van der Waals surface area (Å²) in [6.45, 7) is 0.713. The van der Waals surface area contributed by atoms with E-state index in [1.165, 1.54) is 11.6 Å². The summed E-state index contributed by atoms with van der Waals surface area (Å²) in [6.07, 6.45) is 4.59. The predicted octanol–water partition coefficient (Wildman–Crippen LogP) is 4.27. The predicted molar refractivity (Wildman–Crippen MR) is 102 cm³/mol. The van der Waals surface area contributed by atoms with Crippen molar-refractivity contribution >= 4 is 11.7 Å². The molecule has 0 aliphatic heterocycles. The third-order valence-electron chi connectivity index (χ3n) is 4.87. The van der Waals surface area contributed by atoms with Crippen molar-refractivity contribution in [2.24, 2.45) is 0 Å². The number of hydrogen-bond donors (Lipinski definition) is 2. The molecular formula is C21H21FN4O. The second-order valence-corrected chi connectivity index (χ2v) is 6.71. The van der Waals surface area contributed by atoms with Crippen molar-refractivity contribution in [2.75, 3.05) is 5.32 Å². The van der Waals surface area contributed by atoms with E-state index in [4.69, 9.17) is 0 Å². The second kappa shape index (κ2) is 7.61. The summed E-state index contributed by atoms with van der Waals surface area (Å²) in [5.74, 6) is -0.451. The Labute approximate surface area is 157 Å². The lowest BCUT2D eigenvalue weighted by Crippen LogP contribution is -2.34. The maximum atomic E-state index is 13.7. The van der Waals surface area contributed by atoms with Crippen molar-refractivity contribution in [3.63, 3.8) is 0 Å². The molecule has 4 rings (SSSR count). The van der Waals surface area contributed by atoms with Crippen molar-refractivity contribution in [3.8, 4) is 0 Å². The largest absolute Gasteiger partial charge is 0.331 e. The van der Waals surface area contributed by atoms with Gasteiger partial charge in [-0.05, 0) is 37.0 Å². The number of amides is 2. The molecule has 0 saturated carbocycles. The van der Waals surface area contributed by atoms with Crippen LogP contribution in [0.5, 0.6) is 0 Å². The van der Waals surface area contributed by atoms with Crippen LogP contribution in [0, 0.1) is 5.82 Å². The average molecular weight is 364 g/mol.